The van der Waals surface area contributed by atoms with E-state index in [2.05, 4.69) is 34.6 Å². The Labute approximate surface area is 179 Å². The highest BCUT2D eigenvalue weighted by Gasteiger charge is 2.26. The molecule has 1 aliphatic heterocycles. The van der Waals surface area contributed by atoms with Crippen LogP contribution in [0.4, 0.5) is 5.82 Å². The van der Waals surface area contributed by atoms with Crippen LogP contribution in [0.25, 0.3) is 10.9 Å². The molecule has 30 heavy (non-hydrogen) atoms. The van der Waals surface area contributed by atoms with Gasteiger partial charge in [0.15, 0.2) is 0 Å². The van der Waals surface area contributed by atoms with E-state index in [4.69, 9.17) is 10.7 Å². The molecule has 0 bridgehead atoms. The number of nitrogens with two attached hydrogens (primary N) is 1. The van der Waals surface area contributed by atoms with Gasteiger partial charge in [0, 0.05) is 30.6 Å². The van der Waals surface area contributed by atoms with Crippen molar-refractivity contribution in [2.45, 2.75) is 77.0 Å². The number of amides is 1. The SMILES string of the molecule is Cc1ccc2nc(N3CCC(NC4CCCCC4)CC3)c(C(=O)NC(C)N)cc2c1. The van der Waals surface area contributed by atoms with Gasteiger partial charge in [0.25, 0.3) is 5.91 Å². The lowest BCUT2D eigenvalue weighted by Crippen LogP contribution is -2.47. The molecule has 4 rings (SSSR count). The van der Waals surface area contributed by atoms with E-state index in [-0.39, 0.29) is 5.91 Å². The van der Waals surface area contributed by atoms with Gasteiger partial charge in [-0.3, -0.25) is 4.79 Å². The van der Waals surface area contributed by atoms with Crippen LogP contribution >= 0.6 is 0 Å². The number of rotatable bonds is 5. The van der Waals surface area contributed by atoms with Crippen molar-refractivity contribution in [3.05, 3.63) is 35.4 Å². The van der Waals surface area contributed by atoms with E-state index in [1.54, 1.807) is 6.92 Å². The summed E-state index contributed by atoms with van der Waals surface area (Å²) in [6.45, 7) is 5.65. The number of hydrogen-bond donors (Lipinski definition) is 3. The first-order valence-corrected chi connectivity index (χ1v) is 11.5. The maximum atomic E-state index is 12.9. The zero-order valence-corrected chi connectivity index (χ0v) is 18.3. The van der Waals surface area contributed by atoms with E-state index in [9.17, 15) is 4.79 Å². The lowest BCUT2D eigenvalue weighted by Gasteiger charge is -2.36. The van der Waals surface area contributed by atoms with Crippen molar-refractivity contribution in [3.63, 3.8) is 0 Å². The molecule has 2 aromatic rings. The van der Waals surface area contributed by atoms with Gasteiger partial charge in [0.05, 0.1) is 17.2 Å². The highest BCUT2D eigenvalue weighted by atomic mass is 16.1. The normalized spacial score (nSPS) is 19.8. The second kappa shape index (κ2) is 9.31. The third kappa shape index (κ3) is 4.93. The number of nitrogens with one attached hydrogen (secondary N) is 2. The highest BCUT2D eigenvalue weighted by Crippen LogP contribution is 2.28. The fourth-order valence-electron chi connectivity index (χ4n) is 4.84. The monoisotopic (exact) mass is 409 g/mol. The summed E-state index contributed by atoms with van der Waals surface area (Å²) in [6.07, 6.45) is 8.49. The van der Waals surface area contributed by atoms with Crippen molar-refractivity contribution in [2.24, 2.45) is 5.73 Å². The van der Waals surface area contributed by atoms with Crippen molar-refractivity contribution in [1.29, 1.82) is 0 Å². The number of pyridine rings is 1. The molecule has 6 heteroatoms. The van der Waals surface area contributed by atoms with Gasteiger partial charge in [-0.05, 0) is 57.7 Å². The molecule has 0 spiro atoms. The average molecular weight is 410 g/mol. The second-order valence-corrected chi connectivity index (χ2v) is 9.08. The summed E-state index contributed by atoms with van der Waals surface area (Å²) in [4.78, 5) is 20.1. The fourth-order valence-corrected chi connectivity index (χ4v) is 4.84. The van der Waals surface area contributed by atoms with E-state index < -0.39 is 6.17 Å². The van der Waals surface area contributed by atoms with E-state index in [1.165, 1.54) is 32.1 Å². The molecular formula is C24H35N5O. The molecule has 6 nitrogen and oxygen atoms in total. The van der Waals surface area contributed by atoms with Crippen molar-refractivity contribution >= 4 is 22.6 Å². The van der Waals surface area contributed by atoms with Crippen molar-refractivity contribution in [3.8, 4) is 0 Å². The van der Waals surface area contributed by atoms with Crippen LogP contribution in [-0.4, -0.2) is 42.2 Å². The fraction of sp³-hybridized carbons (Fsp3) is 0.583. The zero-order valence-electron chi connectivity index (χ0n) is 18.3. The number of anilines is 1. The summed E-state index contributed by atoms with van der Waals surface area (Å²) >= 11 is 0. The van der Waals surface area contributed by atoms with E-state index in [1.807, 2.05) is 12.1 Å². The first-order valence-electron chi connectivity index (χ1n) is 11.5. The highest BCUT2D eigenvalue weighted by molar-refractivity contribution is 6.02. The van der Waals surface area contributed by atoms with Crippen LogP contribution in [-0.2, 0) is 0 Å². The van der Waals surface area contributed by atoms with Crippen molar-refractivity contribution in [1.82, 2.24) is 15.6 Å². The summed E-state index contributed by atoms with van der Waals surface area (Å²) in [5.41, 5.74) is 8.53. The Kier molecular flexibility index (Phi) is 6.54. The standard InChI is InChI=1S/C24H35N5O/c1-16-8-9-22-18(14-16)15-21(24(30)26-17(2)25)23(28-22)29-12-10-20(11-13-29)27-19-6-4-3-5-7-19/h8-9,14-15,17,19-20,27H,3-7,10-13,25H2,1-2H3,(H,26,30). The number of aryl methyl sites for hydroxylation is 1. The Balaban J connectivity index is 1.53. The first kappa shape index (κ1) is 21.1. The lowest BCUT2D eigenvalue weighted by atomic mass is 9.93. The molecule has 1 saturated carbocycles. The molecule has 0 radical (unpaired) electrons. The van der Waals surface area contributed by atoms with Crippen molar-refractivity contribution < 1.29 is 4.79 Å². The van der Waals surface area contributed by atoms with Gasteiger partial charge < -0.3 is 21.3 Å². The summed E-state index contributed by atoms with van der Waals surface area (Å²) in [7, 11) is 0. The predicted octanol–water partition coefficient (Wildman–Crippen LogP) is 3.47. The van der Waals surface area contributed by atoms with Crippen LogP contribution in [0.1, 0.15) is 67.8 Å². The Morgan fingerprint density at radius 3 is 2.50 bits per heavy atom. The zero-order chi connectivity index (χ0) is 21.1. The topological polar surface area (TPSA) is 83.3 Å². The molecular weight excluding hydrogens is 374 g/mol. The Morgan fingerprint density at radius 2 is 1.80 bits per heavy atom. The quantitative estimate of drug-likeness (QED) is 0.659. The Hall–Kier alpha value is -2.18. The molecule has 1 saturated heterocycles. The molecule has 162 valence electrons. The summed E-state index contributed by atoms with van der Waals surface area (Å²) in [5, 5.41) is 7.72. The number of hydrogen-bond acceptors (Lipinski definition) is 5. The van der Waals surface area contributed by atoms with Gasteiger partial charge in [-0.25, -0.2) is 4.98 Å². The Morgan fingerprint density at radius 1 is 1.10 bits per heavy atom. The van der Waals surface area contributed by atoms with Gasteiger partial charge in [-0.15, -0.1) is 0 Å². The molecule has 2 fully saturated rings. The summed E-state index contributed by atoms with van der Waals surface area (Å²) in [6, 6.07) is 9.41. The van der Waals surface area contributed by atoms with Crippen LogP contribution < -0.4 is 21.3 Å². The van der Waals surface area contributed by atoms with Gasteiger partial charge in [0.2, 0.25) is 0 Å². The van der Waals surface area contributed by atoms with Crippen LogP contribution in [0, 0.1) is 6.92 Å². The molecule has 1 atom stereocenters. The lowest BCUT2D eigenvalue weighted by molar-refractivity contribution is 0.0941. The van der Waals surface area contributed by atoms with E-state index in [0.717, 1.165) is 48.2 Å². The molecule has 4 N–H and O–H groups in total. The molecule has 2 aliphatic rings. The minimum Gasteiger partial charge on any atom is -0.356 e. The Bertz CT molecular complexity index is 883. The largest absolute Gasteiger partial charge is 0.356 e. The van der Waals surface area contributed by atoms with Gasteiger partial charge in [-0.2, -0.15) is 0 Å². The maximum absolute atomic E-state index is 12.9. The second-order valence-electron chi connectivity index (χ2n) is 9.08. The molecule has 1 aliphatic carbocycles. The third-order valence-corrected chi connectivity index (χ3v) is 6.42. The summed E-state index contributed by atoms with van der Waals surface area (Å²) < 4.78 is 0. The van der Waals surface area contributed by atoms with Crippen LogP contribution in [0.5, 0.6) is 0 Å². The number of nitrogens with zero attached hydrogens (tertiary/aromatic N) is 2. The molecule has 1 unspecified atom stereocenters. The molecule has 1 aromatic heterocycles. The average Bonchev–Trinajstić information content (AvgIpc) is 2.73. The van der Waals surface area contributed by atoms with E-state index in [0.29, 0.717) is 17.6 Å². The maximum Gasteiger partial charge on any atom is 0.256 e. The first-order chi connectivity index (χ1) is 14.5. The number of benzene rings is 1. The molecule has 1 amide bonds. The molecule has 2 heterocycles. The number of carbonyl (C=O) groups is 1. The van der Waals surface area contributed by atoms with Crippen molar-refractivity contribution in [2.75, 3.05) is 18.0 Å². The summed E-state index contributed by atoms with van der Waals surface area (Å²) in [5.74, 6) is 0.624. The van der Waals surface area contributed by atoms with Gasteiger partial charge in [0.1, 0.15) is 5.82 Å². The minimum absolute atomic E-state index is 0.154. The van der Waals surface area contributed by atoms with Crippen LogP contribution in [0.2, 0.25) is 0 Å². The molecule has 1 aromatic carbocycles. The number of aromatic nitrogens is 1. The smallest absolute Gasteiger partial charge is 0.256 e. The number of fused-ring (bicyclic) bond motifs is 1. The predicted molar refractivity (Wildman–Crippen MR) is 123 cm³/mol. The van der Waals surface area contributed by atoms with Gasteiger partial charge >= 0.3 is 0 Å². The number of carbonyl (C=O) groups excluding carboxylic acids is 1. The van der Waals surface area contributed by atoms with Gasteiger partial charge in [-0.1, -0.05) is 30.9 Å². The third-order valence-electron chi connectivity index (χ3n) is 6.42. The number of piperidine rings is 1. The van der Waals surface area contributed by atoms with E-state index >= 15 is 0 Å². The van der Waals surface area contributed by atoms with Crippen LogP contribution in [0.3, 0.4) is 0 Å². The van der Waals surface area contributed by atoms with Crippen LogP contribution in [0.15, 0.2) is 24.3 Å². The minimum atomic E-state index is -0.399.